The van der Waals surface area contributed by atoms with Gasteiger partial charge in [-0.05, 0) is 43.2 Å². The molecule has 2 N–H and O–H groups in total. The molecule has 21 heavy (non-hydrogen) atoms. The summed E-state index contributed by atoms with van der Waals surface area (Å²) in [5, 5.41) is 0.897. The van der Waals surface area contributed by atoms with E-state index in [1.54, 1.807) is 6.07 Å². The molecule has 0 bridgehead atoms. The lowest BCUT2D eigenvalue weighted by Gasteiger charge is -2.11. The lowest BCUT2D eigenvalue weighted by Crippen LogP contribution is -2.13. The fourth-order valence-corrected chi connectivity index (χ4v) is 2.44. The van der Waals surface area contributed by atoms with Crippen LogP contribution in [0.2, 0.25) is 0 Å². The van der Waals surface area contributed by atoms with Gasteiger partial charge in [-0.25, -0.2) is 8.78 Å². The molecule has 1 atom stereocenters. The van der Waals surface area contributed by atoms with E-state index >= 15 is 0 Å². The molecule has 108 valence electrons. The van der Waals surface area contributed by atoms with E-state index in [1.807, 2.05) is 25.1 Å². The predicted molar refractivity (Wildman–Crippen MR) is 78.1 cm³/mol. The number of hydrogen-bond acceptors (Lipinski definition) is 2. The van der Waals surface area contributed by atoms with Crippen LogP contribution in [0.3, 0.4) is 0 Å². The SMILES string of the molecule is Cc1cc(F)c(C(N)c2cc3cccc(C)c3o2)cc1F. The summed E-state index contributed by atoms with van der Waals surface area (Å²) in [6, 6.07) is 8.94. The first-order chi connectivity index (χ1) is 9.97. The van der Waals surface area contributed by atoms with Crippen molar-refractivity contribution in [3.63, 3.8) is 0 Å². The highest BCUT2D eigenvalue weighted by Crippen LogP contribution is 2.30. The van der Waals surface area contributed by atoms with E-state index in [9.17, 15) is 8.78 Å². The average Bonchev–Trinajstić information content (AvgIpc) is 2.87. The van der Waals surface area contributed by atoms with Crippen molar-refractivity contribution in [1.82, 2.24) is 0 Å². The van der Waals surface area contributed by atoms with E-state index in [0.29, 0.717) is 5.76 Å². The highest BCUT2D eigenvalue weighted by molar-refractivity contribution is 5.81. The zero-order valence-corrected chi connectivity index (χ0v) is 11.8. The van der Waals surface area contributed by atoms with Gasteiger partial charge in [-0.15, -0.1) is 0 Å². The van der Waals surface area contributed by atoms with Crippen molar-refractivity contribution in [2.45, 2.75) is 19.9 Å². The average molecular weight is 287 g/mol. The molecule has 1 heterocycles. The fraction of sp³-hybridized carbons (Fsp3) is 0.176. The van der Waals surface area contributed by atoms with Crippen LogP contribution in [0.4, 0.5) is 8.78 Å². The largest absolute Gasteiger partial charge is 0.459 e. The van der Waals surface area contributed by atoms with Crippen molar-refractivity contribution < 1.29 is 13.2 Å². The Balaban J connectivity index is 2.10. The summed E-state index contributed by atoms with van der Waals surface area (Å²) < 4.78 is 33.4. The molecule has 0 radical (unpaired) electrons. The minimum atomic E-state index is -0.841. The molecule has 1 aromatic heterocycles. The Bertz CT molecular complexity index is 823. The maximum absolute atomic E-state index is 14.0. The molecular weight excluding hydrogens is 272 g/mol. The van der Waals surface area contributed by atoms with E-state index in [0.717, 1.165) is 28.7 Å². The Kier molecular flexibility index (Phi) is 3.26. The second-order valence-electron chi connectivity index (χ2n) is 5.24. The number of benzene rings is 2. The van der Waals surface area contributed by atoms with Crippen molar-refractivity contribution in [1.29, 1.82) is 0 Å². The molecule has 2 nitrogen and oxygen atoms in total. The normalized spacial score (nSPS) is 12.8. The van der Waals surface area contributed by atoms with Gasteiger partial charge in [0.2, 0.25) is 0 Å². The van der Waals surface area contributed by atoms with E-state index in [4.69, 9.17) is 10.2 Å². The van der Waals surface area contributed by atoms with Crippen LogP contribution in [-0.4, -0.2) is 0 Å². The zero-order valence-electron chi connectivity index (χ0n) is 11.8. The number of aryl methyl sites for hydroxylation is 2. The van der Waals surface area contributed by atoms with Gasteiger partial charge >= 0.3 is 0 Å². The lowest BCUT2D eigenvalue weighted by molar-refractivity contribution is 0.504. The van der Waals surface area contributed by atoms with E-state index in [2.05, 4.69) is 0 Å². The van der Waals surface area contributed by atoms with Crippen molar-refractivity contribution >= 4 is 11.0 Å². The van der Waals surface area contributed by atoms with Crippen LogP contribution < -0.4 is 5.73 Å². The van der Waals surface area contributed by atoms with Crippen molar-refractivity contribution in [2.75, 3.05) is 0 Å². The third kappa shape index (κ3) is 2.32. The fourth-order valence-electron chi connectivity index (χ4n) is 2.44. The molecule has 0 fully saturated rings. The van der Waals surface area contributed by atoms with Crippen LogP contribution in [0.1, 0.15) is 28.5 Å². The first-order valence-corrected chi connectivity index (χ1v) is 6.67. The van der Waals surface area contributed by atoms with Crippen molar-refractivity contribution in [3.8, 4) is 0 Å². The summed E-state index contributed by atoms with van der Waals surface area (Å²) >= 11 is 0. The number of furan rings is 1. The molecule has 3 rings (SSSR count). The van der Waals surface area contributed by atoms with Gasteiger partial charge in [0.1, 0.15) is 23.0 Å². The first-order valence-electron chi connectivity index (χ1n) is 6.67. The van der Waals surface area contributed by atoms with Crippen LogP contribution in [0.15, 0.2) is 40.8 Å². The Morgan fingerprint density at radius 2 is 1.76 bits per heavy atom. The second-order valence-corrected chi connectivity index (χ2v) is 5.24. The van der Waals surface area contributed by atoms with Gasteiger partial charge in [0.15, 0.2) is 0 Å². The van der Waals surface area contributed by atoms with Crippen molar-refractivity contribution in [3.05, 3.63) is 70.5 Å². The summed E-state index contributed by atoms with van der Waals surface area (Å²) in [6.45, 7) is 3.44. The summed E-state index contributed by atoms with van der Waals surface area (Å²) in [7, 11) is 0. The van der Waals surface area contributed by atoms with Crippen LogP contribution in [-0.2, 0) is 0 Å². The van der Waals surface area contributed by atoms with Gasteiger partial charge in [-0.3, -0.25) is 0 Å². The van der Waals surface area contributed by atoms with E-state index in [-0.39, 0.29) is 11.1 Å². The minimum absolute atomic E-state index is 0.0924. The standard InChI is InChI=1S/C17H15F2NO/c1-9-4-3-5-11-7-15(21-17(9)11)16(20)12-8-13(18)10(2)6-14(12)19/h3-8,16H,20H2,1-2H3. The molecule has 0 aliphatic heterocycles. The number of rotatable bonds is 2. The maximum Gasteiger partial charge on any atom is 0.137 e. The highest BCUT2D eigenvalue weighted by Gasteiger charge is 2.20. The molecular formula is C17H15F2NO. The van der Waals surface area contributed by atoms with Gasteiger partial charge < -0.3 is 10.2 Å². The van der Waals surface area contributed by atoms with Crippen LogP contribution in [0.25, 0.3) is 11.0 Å². The molecule has 2 aromatic carbocycles. The second kappa shape index (κ2) is 4.97. The highest BCUT2D eigenvalue weighted by atomic mass is 19.1. The minimum Gasteiger partial charge on any atom is -0.459 e. The molecule has 0 aliphatic carbocycles. The van der Waals surface area contributed by atoms with Crippen LogP contribution in [0, 0.1) is 25.5 Å². The van der Waals surface area contributed by atoms with Gasteiger partial charge in [0, 0.05) is 10.9 Å². The third-order valence-electron chi connectivity index (χ3n) is 3.68. The quantitative estimate of drug-likeness (QED) is 0.760. The van der Waals surface area contributed by atoms with Gasteiger partial charge in [0.25, 0.3) is 0 Å². The molecule has 0 saturated carbocycles. The molecule has 4 heteroatoms. The molecule has 0 spiro atoms. The lowest BCUT2D eigenvalue weighted by atomic mass is 10.0. The number of nitrogens with two attached hydrogens (primary N) is 1. The molecule has 0 amide bonds. The van der Waals surface area contributed by atoms with Crippen LogP contribution in [0.5, 0.6) is 0 Å². The summed E-state index contributed by atoms with van der Waals surface area (Å²) in [6.07, 6.45) is 0. The predicted octanol–water partition coefficient (Wildman–Crippen LogP) is 4.38. The smallest absolute Gasteiger partial charge is 0.137 e. The van der Waals surface area contributed by atoms with Crippen molar-refractivity contribution in [2.24, 2.45) is 5.73 Å². The number of fused-ring (bicyclic) bond motifs is 1. The van der Waals surface area contributed by atoms with Gasteiger partial charge in [-0.2, -0.15) is 0 Å². The Labute approximate surface area is 121 Å². The van der Waals surface area contributed by atoms with E-state index < -0.39 is 17.7 Å². The summed E-state index contributed by atoms with van der Waals surface area (Å²) in [5.74, 6) is -0.589. The topological polar surface area (TPSA) is 39.2 Å². The monoisotopic (exact) mass is 287 g/mol. The van der Waals surface area contributed by atoms with Crippen LogP contribution >= 0.6 is 0 Å². The number of para-hydroxylation sites is 1. The van der Waals surface area contributed by atoms with Gasteiger partial charge in [0.05, 0.1) is 6.04 Å². The molecule has 0 aliphatic rings. The Hall–Kier alpha value is -2.20. The maximum atomic E-state index is 14.0. The molecule has 3 aromatic rings. The summed E-state index contributed by atoms with van der Waals surface area (Å²) in [4.78, 5) is 0. The zero-order chi connectivity index (χ0) is 15.1. The van der Waals surface area contributed by atoms with Gasteiger partial charge in [-0.1, -0.05) is 18.2 Å². The number of halogens is 2. The molecule has 0 saturated heterocycles. The Morgan fingerprint density at radius 3 is 2.48 bits per heavy atom. The van der Waals surface area contributed by atoms with E-state index in [1.165, 1.54) is 6.92 Å². The summed E-state index contributed by atoms with van der Waals surface area (Å²) in [5.41, 5.74) is 8.09. The third-order valence-corrected chi connectivity index (χ3v) is 3.68. The number of hydrogen-bond donors (Lipinski definition) is 1. The first kappa shape index (κ1) is 13.8. The molecule has 1 unspecified atom stereocenters. The Morgan fingerprint density at radius 1 is 1.00 bits per heavy atom.